The lowest BCUT2D eigenvalue weighted by molar-refractivity contribution is -0.175. The average Bonchev–Trinajstić information content (AvgIpc) is 2.83. The van der Waals surface area contributed by atoms with Gasteiger partial charge in [0.05, 0.1) is 11.5 Å². The molecule has 9 heteroatoms. The van der Waals surface area contributed by atoms with Crippen LogP contribution in [-0.2, 0) is 32.1 Å². The number of hydrogen-bond donors (Lipinski definition) is 2. The lowest BCUT2D eigenvalue weighted by atomic mass is 9.53. The van der Waals surface area contributed by atoms with Gasteiger partial charge < -0.3 is 15.1 Å². The molecule has 198 valence electrons. The van der Waals surface area contributed by atoms with Crippen molar-refractivity contribution in [2.75, 3.05) is 32.1 Å². The summed E-state index contributed by atoms with van der Waals surface area (Å²) >= 11 is 0. The number of nitrogens with zero attached hydrogens (tertiary/aromatic N) is 2. The Morgan fingerprint density at radius 3 is 2.38 bits per heavy atom. The molecule has 1 heterocycles. The van der Waals surface area contributed by atoms with Crippen molar-refractivity contribution in [3.8, 4) is 5.75 Å². The van der Waals surface area contributed by atoms with Gasteiger partial charge in [0.15, 0.2) is 28.7 Å². The number of phenols is 1. The summed E-state index contributed by atoms with van der Waals surface area (Å²) in [5.74, 6) is -8.60. The highest BCUT2D eigenvalue weighted by Gasteiger charge is 2.65. The van der Waals surface area contributed by atoms with Gasteiger partial charge in [0.1, 0.15) is 17.5 Å². The summed E-state index contributed by atoms with van der Waals surface area (Å²) in [7, 11) is 3.72. The van der Waals surface area contributed by atoms with Gasteiger partial charge in [-0.15, -0.1) is 0 Å². The van der Waals surface area contributed by atoms with E-state index in [9.17, 15) is 34.2 Å². The predicted octanol–water partition coefficient (Wildman–Crippen LogP) is 1.48. The van der Waals surface area contributed by atoms with E-state index in [-0.39, 0.29) is 24.2 Å². The van der Waals surface area contributed by atoms with Crippen molar-refractivity contribution in [3.05, 3.63) is 22.8 Å². The maximum Gasteiger partial charge on any atom is 0.190 e. The van der Waals surface area contributed by atoms with Crippen LogP contribution >= 0.6 is 0 Å². The fourth-order valence-corrected chi connectivity index (χ4v) is 7.07. The van der Waals surface area contributed by atoms with Crippen LogP contribution in [0.4, 0.5) is 5.69 Å². The van der Waals surface area contributed by atoms with E-state index in [1.807, 2.05) is 25.1 Å². The third-order valence-corrected chi connectivity index (χ3v) is 8.90. The lowest BCUT2D eigenvalue weighted by Crippen LogP contribution is -2.67. The maximum atomic E-state index is 13.9. The quantitative estimate of drug-likeness (QED) is 0.578. The van der Waals surface area contributed by atoms with Gasteiger partial charge in [-0.1, -0.05) is 6.42 Å². The number of aliphatic hydroxyl groups is 1. The van der Waals surface area contributed by atoms with Crippen LogP contribution in [0.5, 0.6) is 5.75 Å². The Morgan fingerprint density at radius 1 is 1.08 bits per heavy atom. The summed E-state index contributed by atoms with van der Waals surface area (Å²) in [4.78, 5) is 69.6. The fraction of sp³-hybridized carbons (Fsp3) is 0.607. The van der Waals surface area contributed by atoms with Crippen molar-refractivity contribution >= 4 is 34.6 Å². The Kier molecular flexibility index (Phi) is 6.35. The monoisotopic (exact) mass is 510 g/mol. The van der Waals surface area contributed by atoms with Crippen LogP contribution in [0.15, 0.2) is 6.07 Å². The Morgan fingerprint density at radius 2 is 1.76 bits per heavy atom. The van der Waals surface area contributed by atoms with Gasteiger partial charge in [0.25, 0.3) is 0 Å². The zero-order valence-corrected chi connectivity index (χ0v) is 21.6. The molecular formula is C28H34N2O7. The highest BCUT2D eigenvalue weighted by atomic mass is 16.3. The number of fused-ring (bicyclic) bond motifs is 3. The largest absolute Gasteiger partial charge is 0.507 e. The van der Waals surface area contributed by atoms with Crippen LogP contribution in [-0.4, -0.2) is 76.8 Å². The van der Waals surface area contributed by atoms with E-state index >= 15 is 0 Å². The van der Waals surface area contributed by atoms with Crippen molar-refractivity contribution in [1.82, 2.24) is 4.90 Å². The third-order valence-electron chi connectivity index (χ3n) is 8.90. The second-order valence-electron chi connectivity index (χ2n) is 11.4. The van der Waals surface area contributed by atoms with E-state index in [4.69, 9.17) is 0 Å². The molecule has 1 aromatic rings. The average molecular weight is 511 g/mol. The van der Waals surface area contributed by atoms with Gasteiger partial charge in [-0.25, -0.2) is 0 Å². The number of anilines is 1. The van der Waals surface area contributed by atoms with E-state index in [2.05, 4.69) is 4.90 Å². The molecule has 2 N–H and O–H groups in total. The molecule has 0 spiro atoms. The molecule has 0 bridgehead atoms. The van der Waals surface area contributed by atoms with Gasteiger partial charge in [0.2, 0.25) is 0 Å². The predicted molar refractivity (Wildman–Crippen MR) is 133 cm³/mol. The Labute approximate surface area is 215 Å². The summed E-state index contributed by atoms with van der Waals surface area (Å²) in [6.45, 7) is 3.37. The first-order chi connectivity index (χ1) is 17.5. The molecule has 3 fully saturated rings. The minimum atomic E-state index is -2.55. The molecule has 5 atom stereocenters. The van der Waals surface area contributed by atoms with E-state index in [1.165, 1.54) is 0 Å². The first kappa shape index (κ1) is 25.7. The molecule has 4 unspecified atom stereocenters. The van der Waals surface area contributed by atoms with E-state index in [0.29, 0.717) is 24.1 Å². The van der Waals surface area contributed by atoms with Crippen molar-refractivity contribution in [3.63, 3.8) is 0 Å². The third kappa shape index (κ3) is 3.85. The molecule has 1 aromatic carbocycles. The molecule has 9 nitrogen and oxygen atoms in total. The number of rotatable bonds is 4. The number of likely N-dealkylation sites (tertiary alicyclic amines) is 1. The van der Waals surface area contributed by atoms with Crippen LogP contribution in [0.2, 0.25) is 0 Å². The van der Waals surface area contributed by atoms with Gasteiger partial charge >= 0.3 is 0 Å². The van der Waals surface area contributed by atoms with Crippen LogP contribution in [0.1, 0.15) is 60.5 Å². The number of carbonyl (C=O) groups is 5. The molecule has 2 saturated carbocycles. The summed E-state index contributed by atoms with van der Waals surface area (Å²) in [5.41, 5.74) is -0.439. The Hall–Kier alpha value is -2.91. The zero-order valence-electron chi connectivity index (χ0n) is 21.6. The van der Waals surface area contributed by atoms with Crippen LogP contribution in [0.3, 0.4) is 0 Å². The molecule has 3 aliphatic carbocycles. The summed E-state index contributed by atoms with van der Waals surface area (Å²) in [6.07, 6.45) is 3.47. The highest BCUT2D eigenvalue weighted by Crippen LogP contribution is 2.51. The van der Waals surface area contributed by atoms with E-state index in [0.717, 1.165) is 45.0 Å². The molecule has 0 amide bonds. The van der Waals surface area contributed by atoms with Crippen molar-refractivity contribution < 1.29 is 34.2 Å². The smallest absolute Gasteiger partial charge is 0.190 e. The summed E-state index contributed by atoms with van der Waals surface area (Å²) in [5, 5.41) is 22.7. The lowest BCUT2D eigenvalue weighted by Gasteiger charge is -2.49. The molecule has 37 heavy (non-hydrogen) atoms. The normalized spacial score (nSPS) is 32.0. The number of aromatic hydroxyl groups is 1. The van der Waals surface area contributed by atoms with Crippen molar-refractivity contribution in [1.29, 1.82) is 0 Å². The topological polar surface area (TPSA) is 132 Å². The minimum absolute atomic E-state index is 0.0808. The zero-order chi connectivity index (χ0) is 26.8. The van der Waals surface area contributed by atoms with Gasteiger partial charge in [-0.3, -0.25) is 28.9 Å². The summed E-state index contributed by atoms with van der Waals surface area (Å²) in [6, 6.07) is 1.91. The van der Waals surface area contributed by atoms with Crippen molar-refractivity contribution in [2.24, 2.45) is 23.7 Å². The number of phenolic OH excluding ortho intramolecular Hbond substituents is 1. The van der Waals surface area contributed by atoms with Crippen LogP contribution < -0.4 is 4.90 Å². The molecule has 0 radical (unpaired) electrons. The van der Waals surface area contributed by atoms with Gasteiger partial charge in [-0.2, -0.15) is 0 Å². The second-order valence-corrected chi connectivity index (χ2v) is 11.4. The first-order valence-corrected chi connectivity index (χ1v) is 13.1. The highest BCUT2D eigenvalue weighted by molar-refractivity contribution is 6.31. The standard InChI is InChI=1S/C28H34N2O7/c1-14(31)21-20(32)12-17-9-15-10-18-19(29(2)3)11-16(13-30-7-5-4-6-8-30)24(33)23(18)25(34)22(15)27(36)28(17,37)26(21)35/h11,15,17,21-22,33,37H,4-10,12-13H2,1-3H3/t15?,17?,21?,22?,28-/m1/s1. The molecular weight excluding hydrogens is 476 g/mol. The molecule has 5 rings (SSSR count). The van der Waals surface area contributed by atoms with Crippen molar-refractivity contribution in [2.45, 2.75) is 57.6 Å². The number of benzene rings is 1. The van der Waals surface area contributed by atoms with Crippen LogP contribution in [0.25, 0.3) is 0 Å². The Bertz CT molecular complexity index is 1220. The van der Waals surface area contributed by atoms with E-state index < -0.39 is 58.2 Å². The molecule has 0 aromatic heterocycles. The number of piperidine rings is 1. The number of Topliss-reactive ketones (excluding diaryl/α,β-unsaturated/α-hetero) is 5. The minimum Gasteiger partial charge on any atom is -0.507 e. The maximum absolute atomic E-state index is 13.9. The van der Waals surface area contributed by atoms with Crippen LogP contribution in [0, 0.1) is 23.7 Å². The number of hydrogen-bond acceptors (Lipinski definition) is 9. The Balaban J connectivity index is 1.57. The fourth-order valence-electron chi connectivity index (χ4n) is 7.07. The number of ketones is 5. The van der Waals surface area contributed by atoms with E-state index in [1.54, 1.807) is 0 Å². The first-order valence-electron chi connectivity index (χ1n) is 13.1. The van der Waals surface area contributed by atoms with Gasteiger partial charge in [0, 0.05) is 44.2 Å². The summed E-state index contributed by atoms with van der Waals surface area (Å²) < 4.78 is 0. The number of carbonyl (C=O) groups excluding carboxylic acids is 5. The van der Waals surface area contributed by atoms with Gasteiger partial charge in [-0.05, 0) is 63.2 Å². The molecule has 1 aliphatic heterocycles. The molecule has 4 aliphatic rings. The second kappa shape index (κ2) is 9.13. The molecule has 1 saturated heterocycles. The SMILES string of the molecule is CC(=O)C1C(=O)CC2CC3Cc4c(N(C)C)cc(CN5CCCCC5)c(O)c4C(=O)C3C(=O)[C@]2(O)C1=O.